The van der Waals surface area contributed by atoms with E-state index in [1.165, 1.54) is 24.3 Å². The average Bonchev–Trinajstić information content (AvgIpc) is 2.68. The predicted molar refractivity (Wildman–Crippen MR) is 109 cm³/mol. The number of hydrazone groups is 2. The number of hydrogen-bond donors (Lipinski definition) is 6. The second kappa shape index (κ2) is 9.92. The maximum absolute atomic E-state index is 11.9. The van der Waals surface area contributed by atoms with Crippen molar-refractivity contribution in [1.82, 2.24) is 10.9 Å². The van der Waals surface area contributed by atoms with E-state index in [1.807, 2.05) is 0 Å². The van der Waals surface area contributed by atoms with E-state index in [-0.39, 0.29) is 35.8 Å². The minimum atomic E-state index is -0.514. The number of phenolic OH excluding ortho intramolecular Hbond substituents is 4. The molecule has 0 fully saturated rings. The first-order chi connectivity index (χ1) is 14.2. The lowest BCUT2D eigenvalue weighted by Gasteiger charge is -2.06. The molecule has 6 N–H and O–H groups in total. The third-order valence-corrected chi connectivity index (χ3v) is 4.02. The van der Waals surface area contributed by atoms with Gasteiger partial charge < -0.3 is 20.4 Å². The Bertz CT molecular complexity index is 935. The van der Waals surface area contributed by atoms with E-state index in [0.29, 0.717) is 22.6 Å². The van der Waals surface area contributed by atoms with Crippen LogP contribution in [0.15, 0.2) is 46.6 Å². The highest BCUT2D eigenvalue weighted by Gasteiger charge is 2.10. The van der Waals surface area contributed by atoms with E-state index in [4.69, 9.17) is 0 Å². The molecule has 2 rings (SSSR count). The fourth-order valence-electron chi connectivity index (χ4n) is 2.40. The van der Waals surface area contributed by atoms with E-state index in [2.05, 4.69) is 21.1 Å². The van der Waals surface area contributed by atoms with Gasteiger partial charge in [0.25, 0.3) is 0 Å². The van der Waals surface area contributed by atoms with Crippen LogP contribution in [0.4, 0.5) is 0 Å². The van der Waals surface area contributed by atoms with Crippen molar-refractivity contribution < 1.29 is 30.0 Å². The molecule has 0 aliphatic rings. The molecule has 0 heterocycles. The quantitative estimate of drug-likeness (QED) is 0.298. The highest BCUT2D eigenvalue weighted by molar-refractivity contribution is 6.02. The molecule has 0 aliphatic carbocycles. The van der Waals surface area contributed by atoms with Gasteiger partial charge in [-0.2, -0.15) is 10.2 Å². The van der Waals surface area contributed by atoms with E-state index in [1.54, 1.807) is 13.8 Å². The molecule has 0 saturated carbocycles. The van der Waals surface area contributed by atoms with Crippen molar-refractivity contribution in [2.24, 2.45) is 10.2 Å². The zero-order valence-electron chi connectivity index (χ0n) is 16.4. The minimum Gasteiger partial charge on any atom is -0.508 e. The zero-order chi connectivity index (χ0) is 22.3. The van der Waals surface area contributed by atoms with Crippen LogP contribution in [-0.4, -0.2) is 43.7 Å². The molecule has 158 valence electrons. The summed E-state index contributed by atoms with van der Waals surface area (Å²) in [5.41, 5.74) is 5.89. The van der Waals surface area contributed by atoms with Crippen LogP contribution in [0.5, 0.6) is 23.0 Å². The Hall–Kier alpha value is -4.08. The van der Waals surface area contributed by atoms with Crippen molar-refractivity contribution in [1.29, 1.82) is 0 Å². The van der Waals surface area contributed by atoms with Gasteiger partial charge in [-0.05, 0) is 38.1 Å². The molecule has 2 aromatic carbocycles. The van der Waals surface area contributed by atoms with Crippen molar-refractivity contribution >= 4 is 23.2 Å². The number of aromatic hydroxyl groups is 4. The van der Waals surface area contributed by atoms with Gasteiger partial charge in [0.05, 0.1) is 11.4 Å². The molecule has 0 saturated heterocycles. The maximum atomic E-state index is 11.9. The van der Waals surface area contributed by atoms with E-state index in [0.717, 1.165) is 12.1 Å². The van der Waals surface area contributed by atoms with Crippen LogP contribution in [-0.2, 0) is 9.59 Å². The molecule has 30 heavy (non-hydrogen) atoms. The fraction of sp³-hybridized carbons (Fsp3) is 0.200. The van der Waals surface area contributed by atoms with Crippen molar-refractivity contribution in [3.8, 4) is 23.0 Å². The molecule has 10 heteroatoms. The summed E-state index contributed by atoms with van der Waals surface area (Å²) in [6.45, 7) is 3.13. The number of benzene rings is 2. The van der Waals surface area contributed by atoms with Gasteiger partial charge in [-0.3, -0.25) is 9.59 Å². The molecule has 10 nitrogen and oxygen atoms in total. The monoisotopic (exact) mass is 414 g/mol. The largest absolute Gasteiger partial charge is 0.508 e. The molecule has 2 aromatic rings. The number of phenols is 4. The Labute approximate surface area is 172 Å². The molecule has 0 unspecified atom stereocenters. The summed E-state index contributed by atoms with van der Waals surface area (Å²) >= 11 is 0. The zero-order valence-corrected chi connectivity index (χ0v) is 16.4. The second-order valence-electron chi connectivity index (χ2n) is 6.37. The third-order valence-electron chi connectivity index (χ3n) is 4.02. The fourth-order valence-corrected chi connectivity index (χ4v) is 2.40. The Morgan fingerprint density at radius 2 is 1.10 bits per heavy atom. The molecule has 0 radical (unpaired) electrons. The molecule has 2 amide bonds. The van der Waals surface area contributed by atoms with Crippen molar-refractivity contribution in [3.05, 3.63) is 47.5 Å². The molecular weight excluding hydrogens is 392 g/mol. The summed E-state index contributed by atoms with van der Waals surface area (Å²) in [6.07, 6.45) is -0.299. The van der Waals surface area contributed by atoms with Crippen LogP contribution in [0.25, 0.3) is 0 Å². The van der Waals surface area contributed by atoms with Crippen LogP contribution >= 0.6 is 0 Å². The second-order valence-corrected chi connectivity index (χ2v) is 6.37. The number of hydrogen-bond acceptors (Lipinski definition) is 8. The topological polar surface area (TPSA) is 164 Å². The highest BCUT2D eigenvalue weighted by Crippen LogP contribution is 2.23. The molecule has 0 spiro atoms. The van der Waals surface area contributed by atoms with Gasteiger partial charge in [-0.25, -0.2) is 10.9 Å². The third kappa shape index (κ3) is 6.23. The Morgan fingerprint density at radius 1 is 0.733 bits per heavy atom. The van der Waals surface area contributed by atoms with E-state index in [9.17, 15) is 30.0 Å². The number of carbonyl (C=O) groups is 2. The van der Waals surface area contributed by atoms with Crippen molar-refractivity contribution in [2.75, 3.05) is 0 Å². The standard InChI is InChI=1S/C20H22N4O6/c1-11(15-5-3-13(25)9-17(15)27)21-23-19(29)7-8-20(30)24-22-12(2)16-6-4-14(26)10-18(16)28/h3-6,9-10,25-28H,7-8H2,1-2H3,(H,23,29)(H,24,30)/b21-11-,22-12+. The minimum absolute atomic E-state index is 0.0994. The molecule has 0 aliphatic heterocycles. The Morgan fingerprint density at radius 3 is 1.43 bits per heavy atom. The first-order valence-corrected chi connectivity index (χ1v) is 8.88. The summed E-state index contributed by atoms with van der Waals surface area (Å²) < 4.78 is 0. The maximum Gasteiger partial charge on any atom is 0.240 e. The van der Waals surface area contributed by atoms with Gasteiger partial charge in [-0.15, -0.1) is 0 Å². The van der Waals surface area contributed by atoms with Gasteiger partial charge in [0.1, 0.15) is 23.0 Å². The number of nitrogens with zero attached hydrogens (tertiary/aromatic N) is 2. The molecule has 0 atom stereocenters. The highest BCUT2D eigenvalue weighted by atomic mass is 16.3. The van der Waals surface area contributed by atoms with Gasteiger partial charge in [-0.1, -0.05) is 0 Å². The summed E-state index contributed by atoms with van der Waals surface area (Å²) in [7, 11) is 0. The lowest BCUT2D eigenvalue weighted by Crippen LogP contribution is -2.24. The van der Waals surface area contributed by atoms with Crippen LogP contribution in [0.2, 0.25) is 0 Å². The van der Waals surface area contributed by atoms with Crippen LogP contribution in [0.1, 0.15) is 37.8 Å². The van der Waals surface area contributed by atoms with Gasteiger partial charge in [0.15, 0.2) is 0 Å². The summed E-state index contributed by atoms with van der Waals surface area (Å²) in [4.78, 5) is 23.7. The predicted octanol–water partition coefficient (Wildman–Crippen LogP) is 1.67. The Balaban J connectivity index is 1.84. The van der Waals surface area contributed by atoms with E-state index < -0.39 is 11.8 Å². The van der Waals surface area contributed by atoms with Crippen molar-refractivity contribution in [3.63, 3.8) is 0 Å². The average molecular weight is 414 g/mol. The summed E-state index contributed by atoms with van der Waals surface area (Å²) in [5, 5.41) is 45.8. The lowest BCUT2D eigenvalue weighted by molar-refractivity contribution is -0.126. The Kier molecular flexibility index (Phi) is 7.34. The van der Waals surface area contributed by atoms with Crippen LogP contribution in [0, 0.1) is 0 Å². The summed E-state index contributed by atoms with van der Waals surface area (Å²) in [6, 6.07) is 7.97. The first kappa shape index (κ1) is 22.2. The normalized spacial score (nSPS) is 11.8. The summed E-state index contributed by atoms with van der Waals surface area (Å²) in [5.74, 6) is -1.59. The van der Waals surface area contributed by atoms with Crippen LogP contribution < -0.4 is 10.9 Å². The first-order valence-electron chi connectivity index (χ1n) is 8.88. The molecule has 0 aromatic heterocycles. The van der Waals surface area contributed by atoms with E-state index >= 15 is 0 Å². The number of nitrogens with one attached hydrogen (secondary N) is 2. The lowest BCUT2D eigenvalue weighted by atomic mass is 10.1. The number of carbonyl (C=O) groups excluding carboxylic acids is 2. The van der Waals surface area contributed by atoms with Gasteiger partial charge in [0.2, 0.25) is 11.8 Å². The van der Waals surface area contributed by atoms with Crippen molar-refractivity contribution in [2.45, 2.75) is 26.7 Å². The van der Waals surface area contributed by atoms with Crippen LogP contribution in [0.3, 0.4) is 0 Å². The SMILES string of the molecule is C/C(=N/NC(=O)CCC(=O)N/N=C(\C)c1ccc(O)cc1O)c1ccc(O)cc1O. The van der Waals surface area contributed by atoms with Gasteiger partial charge >= 0.3 is 0 Å². The number of rotatable bonds is 7. The molecule has 0 bridgehead atoms. The number of amides is 2. The van der Waals surface area contributed by atoms with Gasteiger partial charge in [0, 0.05) is 36.1 Å². The smallest absolute Gasteiger partial charge is 0.240 e. The molecular formula is C20H22N4O6.